The minimum absolute atomic E-state index is 0.0579. The van der Waals surface area contributed by atoms with E-state index >= 15 is 0 Å². The quantitative estimate of drug-likeness (QED) is 0.344. The number of fused-ring (bicyclic) bond motifs is 2. The molecule has 0 unspecified atom stereocenters. The lowest BCUT2D eigenvalue weighted by atomic mass is 9.93. The maximum atomic E-state index is 13.8. The third-order valence-corrected chi connectivity index (χ3v) is 6.97. The molecule has 8 nitrogen and oxygen atoms in total. The van der Waals surface area contributed by atoms with Gasteiger partial charge < -0.3 is 23.7 Å². The fraction of sp³-hybridized carbons (Fsp3) is 0.433. The van der Waals surface area contributed by atoms with Crippen molar-refractivity contribution in [3.05, 3.63) is 63.4 Å². The number of hydrogen-bond donors (Lipinski definition) is 0. The minimum Gasteiger partial charge on any atom is -0.462 e. The Balaban J connectivity index is 1.63. The molecule has 10 heteroatoms. The van der Waals surface area contributed by atoms with Crippen molar-refractivity contribution in [3.8, 4) is 16.9 Å². The second-order valence-electron chi connectivity index (χ2n) is 11.1. The molecule has 2 aromatic carbocycles. The number of nitrogens with zero attached hydrogens (tertiary/aromatic N) is 2. The summed E-state index contributed by atoms with van der Waals surface area (Å²) in [6.45, 7) is 4.84. The number of rotatable bonds is 6. The number of hydrogen-bond acceptors (Lipinski definition) is 6. The highest BCUT2D eigenvalue weighted by atomic mass is 19.3. The highest BCUT2D eigenvalue weighted by Gasteiger charge is 2.31. The molecule has 0 radical (unpaired) electrons. The van der Waals surface area contributed by atoms with Gasteiger partial charge in [-0.3, -0.25) is 4.79 Å². The van der Waals surface area contributed by atoms with Crippen LogP contribution >= 0.6 is 0 Å². The average molecular weight is 555 g/mol. The Morgan fingerprint density at radius 1 is 1.10 bits per heavy atom. The van der Waals surface area contributed by atoms with E-state index in [0.717, 1.165) is 24.0 Å². The van der Waals surface area contributed by atoms with Gasteiger partial charge in [-0.1, -0.05) is 12.1 Å². The van der Waals surface area contributed by atoms with Crippen molar-refractivity contribution in [2.45, 2.75) is 71.8 Å². The molecule has 1 aromatic heterocycles. The van der Waals surface area contributed by atoms with Gasteiger partial charge in [0.25, 0.3) is 0 Å². The van der Waals surface area contributed by atoms with Gasteiger partial charge in [0.15, 0.2) is 5.75 Å². The van der Waals surface area contributed by atoms with Crippen molar-refractivity contribution >= 4 is 23.0 Å². The lowest BCUT2D eigenvalue weighted by Crippen LogP contribution is -2.39. The van der Waals surface area contributed by atoms with Crippen LogP contribution < -0.4 is 10.2 Å². The first-order chi connectivity index (χ1) is 19.0. The number of carbonyl (C=O) groups is 2. The molecule has 40 heavy (non-hydrogen) atoms. The van der Waals surface area contributed by atoms with Gasteiger partial charge in [0.2, 0.25) is 5.43 Å². The van der Waals surface area contributed by atoms with Crippen LogP contribution in [0.1, 0.15) is 68.1 Å². The molecule has 2 aliphatic rings. The summed E-state index contributed by atoms with van der Waals surface area (Å²) >= 11 is 0. The maximum Gasteiger partial charge on any atom is 0.410 e. The van der Waals surface area contributed by atoms with Crippen molar-refractivity contribution in [1.29, 1.82) is 0 Å². The predicted molar refractivity (Wildman–Crippen MR) is 145 cm³/mol. The zero-order valence-corrected chi connectivity index (χ0v) is 23.0. The van der Waals surface area contributed by atoms with Gasteiger partial charge in [-0.15, -0.1) is 0 Å². The molecule has 0 bridgehead atoms. The molecule has 2 heterocycles. The summed E-state index contributed by atoms with van der Waals surface area (Å²) in [6, 6.07) is 8.65. The van der Waals surface area contributed by atoms with Gasteiger partial charge in [-0.2, -0.15) is 8.78 Å². The number of carbonyl (C=O) groups excluding carboxylic acids is 2. The van der Waals surface area contributed by atoms with Crippen LogP contribution in [-0.2, 0) is 22.4 Å². The van der Waals surface area contributed by atoms with E-state index in [9.17, 15) is 23.2 Å². The SMILES string of the molecule is CCOC(=O)c1cn(C2CC2)c2c(OC(F)F)c(-c3ccc4c(c3)CN(C(=O)OC(C)(C)C)CC4)ccc2c1=O. The van der Waals surface area contributed by atoms with E-state index < -0.39 is 29.7 Å². The summed E-state index contributed by atoms with van der Waals surface area (Å²) in [5, 5.41) is 0.103. The van der Waals surface area contributed by atoms with E-state index in [1.807, 2.05) is 39.0 Å². The molecule has 1 fully saturated rings. The fourth-order valence-electron chi connectivity index (χ4n) is 5.06. The minimum atomic E-state index is -3.14. The molecule has 3 aromatic rings. The molecule has 5 rings (SSSR count). The Labute approximate surface area is 230 Å². The van der Waals surface area contributed by atoms with Crippen LogP contribution in [0.2, 0.25) is 0 Å². The summed E-state index contributed by atoms with van der Waals surface area (Å²) in [5.41, 5.74) is 1.74. The zero-order valence-electron chi connectivity index (χ0n) is 23.0. The van der Waals surface area contributed by atoms with E-state index in [1.165, 1.54) is 6.20 Å². The van der Waals surface area contributed by atoms with Crippen molar-refractivity contribution in [1.82, 2.24) is 9.47 Å². The monoisotopic (exact) mass is 554 g/mol. The van der Waals surface area contributed by atoms with E-state index in [2.05, 4.69) is 0 Å². The predicted octanol–water partition coefficient (Wildman–Crippen LogP) is 6.07. The Morgan fingerprint density at radius 3 is 2.50 bits per heavy atom. The highest BCUT2D eigenvalue weighted by Crippen LogP contribution is 2.43. The Morgan fingerprint density at radius 2 is 1.85 bits per heavy atom. The molecular formula is C30H32F2N2O6. The molecule has 1 saturated carbocycles. The van der Waals surface area contributed by atoms with Crippen LogP contribution in [0, 0.1) is 0 Å². The van der Waals surface area contributed by atoms with E-state index in [0.29, 0.717) is 30.6 Å². The molecule has 0 saturated heterocycles. The van der Waals surface area contributed by atoms with Crippen LogP contribution in [0.15, 0.2) is 41.3 Å². The average Bonchev–Trinajstić information content (AvgIpc) is 3.73. The van der Waals surface area contributed by atoms with Gasteiger partial charge in [0.1, 0.15) is 11.2 Å². The maximum absolute atomic E-state index is 13.8. The standard InChI is InChI=1S/C30H32F2N2O6/c1-5-38-27(36)23-16-34(20-8-9-20)24-22(25(23)35)11-10-21(26(24)39-28(31)32)18-7-6-17-12-13-33(15-19(17)14-18)29(37)40-30(2,3)4/h6-7,10-11,14,16,20,28H,5,8-9,12-13,15H2,1-4H3. The largest absolute Gasteiger partial charge is 0.462 e. The summed E-state index contributed by atoms with van der Waals surface area (Å²) in [6.07, 6.45) is 3.16. The van der Waals surface area contributed by atoms with Crippen LogP contribution in [0.3, 0.4) is 0 Å². The van der Waals surface area contributed by atoms with Crippen LogP contribution in [0.25, 0.3) is 22.0 Å². The first-order valence-electron chi connectivity index (χ1n) is 13.4. The Bertz CT molecular complexity index is 1540. The molecule has 0 spiro atoms. The van der Waals surface area contributed by atoms with Crippen LogP contribution in [0.5, 0.6) is 5.75 Å². The van der Waals surface area contributed by atoms with Crippen LogP contribution in [0.4, 0.5) is 13.6 Å². The lowest BCUT2D eigenvalue weighted by Gasteiger charge is -2.31. The van der Waals surface area contributed by atoms with Crippen molar-refractivity contribution in [2.24, 2.45) is 0 Å². The third kappa shape index (κ3) is 5.52. The summed E-state index contributed by atoms with van der Waals surface area (Å²) < 4.78 is 45.0. The van der Waals surface area contributed by atoms with Crippen molar-refractivity contribution < 1.29 is 32.6 Å². The number of ether oxygens (including phenoxy) is 3. The van der Waals surface area contributed by atoms with Crippen molar-refractivity contribution in [2.75, 3.05) is 13.2 Å². The van der Waals surface area contributed by atoms with Gasteiger partial charge in [0.05, 0.1) is 17.5 Å². The molecule has 1 amide bonds. The lowest BCUT2D eigenvalue weighted by molar-refractivity contribution is -0.0486. The molecule has 1 aliphatic heterocycles. The van der Waals surface area contributed by atoms with Gasteiger partial charge in [-0.25, -0.2) is 9.59 Å². The third-order valence-electron chi connectivity index (χ3n) is 6.97. The number of pyridine rings is 1. The number of aromatic nitrogens is 1. The number of esters is 1. The smallest absolute Gasteiger partial charge is 0.410 e. The first-order valence-corrected chi connectivity index (χ1v) is 13.4. The second-order valence-corrected chi connectivity index (χ2v) is 11.1. The van der Waals surface area contributed by atoms with E-state index in [1.54, 1.807) is 28.5 Å². The molecule has 212 valence electrons. The number of amides is 1. The van der Waals surface area contributed by atoms with E-state index in [4.69, 9.17) is 14.2 Å². The van der Waals surface area contributed by atoms with E-state index in [-0.39, 0.29) is 34.9 Å². The van der Waals surface area contributed by atoms with Gasteiger partial charge in [0, 0.05) is 30.9 Å². The topological polar surface area (TPSA) is 87.1 Å². The number of benzene rings is 2. The summed E-state index contributed by atoms with van der Waals surface area (Å²) in [4.78, 5) is 40.1. The molecule has 0 atom stereocenters. The molecular weight excluding hydrogens is 522 g/mol. The highest BCUT2D eigenvalue weighted by molar-refractivity contribution is 5.98. The number of halogens is 2. The second kappa shape index (κ2) is 10.6. The van der Waals surface area contributed by atoms with Gasteiger partial charge in [-0.05, 0) is 81.8 Å². The normalized spacial score (nSPS) is 15.2. The fourth-order valence-corrected chi connectivity index (χ4v) is 5.06. The van der Waals surface area contributed by atoms with Gasteiger partial charge >= 0.3 is 18.7 Å². The Hall–Kier alpha value is -3.95. The summed E-state index contributed by atoms with van der Waals surface area (Å²) in [7, 11) is 0. The zero-order chi connectivity index (χ0) is 28.8. The van der Waals surface area contributed by atoms with Crippen molar-refractivity contribution in [3.63, 3.8) is 0 Å². The number of alkyl halides is 2. The molecule has 0 N–H and O–H groups in total. The Kier molecular flexibility index (Phi) is 7.29. The first kappa shape index (κ1) is 27.6. The van der Waals surface area contributed by atoms with Crippen LogP contribution in [-0.4, -0.2) is 46.9 Å². The molecule has 1 aliphatic carbocycles. The summed E-state index contributed by atoms with van der Waals surface area (Å²) in [5.74, 6) is -0.889.